The fourth-order valence-corrected chi connectivity index (χ4v) is 2.30. The average Bonchev–Trinajstić information content (AvgIpc) is 2.91. The zero-order valence-electron chi connectivity index (χ0n) is 11.6. The molecule has 0 bridgehead atoms. The molecule has 2 aromatic rings. The molecule has 1 unspecified atom stereocenters. The lowest BCUT2D eigenvalue weighted by atomic mass is 10.2. The summed E-state index contributed by atoms with van der Waals surface area (Å²) in [5.41, 5.74) is 3.58. The van der Waals surface area contributed by atoms with Gasteiger partial charge in [-0.1, -0.05) is 0 Å². The Morgan fingerprint density at radius 1 is 1.20 bits per heavy atom. The molecule has 0 aliphatic carbocycles. The third-order valence-corrected chi connectivity index (χ3v) is 3.18. The second kappa shape index (κ2) is 6.49. The van der Waals surface area contributed by atoms with Gasteiger partial charge in [0.15, 0.2) is 0 Å². The molecule has 1 atom stereocenters. The Hall–Kier alpha value is -1.93. The lowest BCUT2D eigenvalue weighted by Crippen LogP contribution is -2.17. The number of rotatable bonds is 6. The van der Waals surface area contributed by atoms with Crippen LogP contribution in [0.2, 0.25) is 0 Å². The zero-order valence-corrected chi connectivity index (χ0v) is 12.4. The Bertz CT molecular complexity index is 545. The molecule has 0 fully saturated rings. The summed E-state index contributed by atoms with van der Waals surface area (Å²) >= 11 is 1.65. The highest BCUT2D eigenvalue weighted by atomic mass is 32.1. The summed E-state index contributed by atoms with van der Waals surface area (Å²) in [6.07, 6.45) is -0.0230. The van der Waals surface area contributed by atoms with Gasteiger partial charge in [-0.15, -0.1) is 0 Å². The molecule has 0 radical (unpaired) electrons. The Kier molecular flexibility index (Phi) is 4.70. The van der Waals surface area contributed by atoms with Gasteiger partial charge in [-0.05, 0) is 43.2 Å². The maximum Gasteiger partial charge on any atom is 0.323 e. The van der Waals surface area contributed by atoms with Crippen molar-refractivity contribution in [2.24, 2.45) is 5.84 Å². The van der Waals surface area contributed by atoms with Gasteiger partial charge >= 0.3 is 6.01 Å². The predicted molar refractivity (Wildman–Crippen MR) is 79.8 cm³/mol. The van der Waals surface area contributed by atoms with Crippen molar-refractivity contribution in [1.82, 2.24) is 15.0 Å². The number of anilines is 2. The molecule has 2 heterocycles. The minimum atomic E-state index is -0.0230. The lowest BCUT2D eigenvalue weighted by Gasteiger charge is -2.14. The Morgan fingerprint density at radius 2 is 1.95 bits per heavy atom. The van der Waals surface area contributed by atoms with Crippen LogP contribution < -0.4 is 21.3 Å². The molecule has 0 aliphatic heterocycles. The first-order valence-electron chi connectivity index (χ1n) is 6.26. The number of ether oxygens (including phenoxy) is 1. The molecule has 108 valence electrons. The van der Waals surface area contributed by atoms with Crippen LogP contribution in [0.25, 0.3) is 0 Å². The number of nitrogens with two attached hydrogens (primary N) is 1. The van der Waals surface area contributed by atoms with Crippen LogP contribution in [-0.4, -0.2) is 21.1 Å². The van der Waals surface area contributed by atoms with Crippen molar-refractivity contribution in [3.05, 3.63) is 22.4 Å². The Morgan fingerprint density at radius 3 is 2.55 bits per heavy atom. The molecule has 0 aliphatic rings. The van der Waals surface area contributed by atoms with Gasteiger partial charge in [-0.3, -0.25) is 5.43 Å². The van der Waals surface area contributed by atoms with E-state index in [1.54, 1.807) is 11.3 Å². The van der Waals surface area contributed by atoms with E-state index >= 15 is 0 Å². The molecule has 4 N–H and O–H groups in total. The number of nitrogen functional groups attached to an aromatic ring is 1. The molecule has 0 saturated carbocycles. The third kappa shape index (κ3) is 3.78. The van der Waals surface area contributed by atoms with Crippen LogP contribution in [-0.2, 0) is 0 Å². The summed E-state index contributed by atoms with van der Waals surface area (Å²) < 4.78 is 5.47. The van der Waals surface area contributed by atoms with Crippen molar-refractivity contribution in [1.29, 1.82) is 0 Å². The molecule has 8 heteroatoms. The second-order valence-electron chi connectivity index (χ2n) is 4.50. The van der Waals surface area contributed by atoms with Crippen LogP contribution in [0, 0.1) is 0 Å². The zero-order chi connectivity index (χ0) is 14.5. The standard InChI is InChI=1S/C12H18N6OS/c1-7(2)19-12-16-10(15-11(17-12)18-13)14-8(3)9-4-5-20-6-9/h4-8H,13H2,1-3H3,(H2,14,15,16,17,18). The van der Waals surface area contributed by atoms with Crippen LogP contribution in [0.1, 0.15) is 32.4 Å². The van der Waals surface area contributed by atoms with Gasteiger partial charge in [0, 0.05) is 0 Å². The van der Waals surface area contributed by atoms with E-state index in [1.165, 1.54) is 5.56 Å². The first-order valence-corrected chi connectivity index (χ1v) is 7.20. The number of hydrogen-bond acceptors (Lipinski definition) is 8. The Balaban J connectivity index is 2.17. The van der Waals surface area contributed by atoms with E-state index in [0.717, 1.165) is 0 Å². The van der Waals surface area contributed by atoms with Gasteiger partial charge in [-0.25, -0.2) is 5.84 Å². The molecular weight excluding hydrogens is 276 g/mol. The first kappa shape index (κ1) is 14.5. The van der Waals surface area contributed by atoms with Crippen molar-refractivity contribution in [3.63, 3.8) is 0 Å². The molecule has 2 aromatic heterocycles. The van der Waals surface area contributed by atoms with Crippen LogP contribution in [0.3, 0.4) is 0 Å². The fourth-order valence-electron chi connectivity index (χ4n) is 1.55. The molecule has 0 amide bonds. The van der Waals surface area contributed by atoms with Crippen molar-refractivity contribution >= 4 is 23.2 Å². The van der Waals surface area contributed by atoms with Crippen LogP contribution in [0.15, 0.2) is 16.8 Å². The lowest BCUT2D eigenvalue weighted by molar-refractivity contribution is 0.222. The van der Waals surface area contributed by atoms with Gasteiger partial charge < -0.3 is 10.1 Å². The maximum absolute atomic E-state index is 5.47. The number of hydrogen-bond donors (Lipinski definition) is 3. The summed E-state index contributed by atoms with van der Waals surface area (Å²) in [4.78, 5) is 12.4. The van der Waals surface area contributed by atoms with Gasteiger partial charge in [0.05, 0.1) is 12.1 Å². The molecule has 2 rings (SSSR count). The highest BCUT2D eigenvalue weighted by molar-refractivity contribution is 7.07. The van der Waals surface area contributed by atoms with Gasteiger partial charge in [-0.2, -0.15) is 26.3 Å². The predicted octanol–water partition coefficient (Wildman–Crippen LogP) is 2.18. The van der Waals surface area contributed by atoms with Crippen LogP contribution >= 0.6 is 11.3 Å². The van der Waals surface area contributed by atoms with Crippen molar-refractivity contribution in [2.75, 3.05) is 10.7 Å². The molecule has 0 aromatic carbocycles. The van der Waals surface area contributed by atoms with Crippen LogP contribution in [0.5, 0.6) is 6.01 Å². The van der Waals surface area contributed by atoms with Crippen LogP contribution in [0.4, 0.5) is 11.9 Å². The van der Waals surface area contributed by atoms with E-state index in [1.807, 2.05) is 26.2 Å². The smallest absolute Gasteiger partial charge is 0.323 e. The molecule has 7 nitrogen and oxygen atoms in total. The van der Waals surface area contributed by atoms with Crippen molar-refractivity contribution in [3.8, 4) is 6.01 Å². The van der Waals surface area contributed by atoms with E-state index in [0.29, 0.717) is 5.95 Å². The minimum absolute atomic E-state index is 0.0230. The quantitative estimate of drug-likeness (QED) is 0.555. The topological polar surface area (TPSA) is 98.0 Å². The van der Waals surface area contributed by atoms with Crippen molar-refractivity contribution < 1.29 is 4.74 Å². The fraction of sp³-hybridized carbons (Fsp3) is 0.417. The van der Waals surface area contributed by atoms with E-state index in [-0.39, 0.29) is 24.1 Å². The highest BCUT2D eigenvalue weighted by Crippen LogP contribution is 2.20. The van der Waals surface area contributed by atoms with Gasteiger partial charge in [0.25, 0.3) is 0 Å². The molecule has 0 spiro atoms. The normalized spacial score (nSPS) is 12.2. The number of hydrazine groups is 1. The number of thiophene rings is 1. The summed E-state index contributed by atoms with van der Waals surface area (Å²) in [7, 11) is 0. The first-order chi connectivity index (χ1) is 9.58. The Labute approximate surface area is 121 Å². The number of nitrogens with one attached hydrogen (secondary N) is 2. The van der Waals surface area contributed by atoms with E-state index < -0.39 is 0 Å². The number of nitrogens with zero attached hydrogens (tertiary/aromatic N) is 3. The SMILES string of the molecule is CC(C)Oc1nc(NN)nc(NC(C)c2ccsc2)n1. The third-order valence-electron chi connectivity index (χ3n) is 2.47. The minimum Gasteiger partial charge on any atom is -0.461 e. The monoisotopic (exact) mass is 294 g/mol. The summed E-state index contributed by atoms with van der Waals surface area (Å²) in [6, 6.07) is 2.38. The summed E-state index contributed by atoms with van der Waals surface area (Å²) in [5, 5.41) is 7.31. The van der Waals surface area contributed by atoms with E-state index in [4.69, 9.17) is 10.6 Å². The largest absolute Gasteiger partial charge is 0.461 e. The second-order valence-corrected chi connectivity index (χ2v) is 5.28. The van der Waals surface area contributed by atoms with Crippen molar-refractivity contribution in [2.45, 2.75) is 32.9 Å². The van der Waals surface area contributed by atoms with E-state index in [9.17, 15) is 0 Å². The maximum atomic E-state index is 5.47. The highest BCUT2D eigenvalue weighted by Gasteiger charge is 2.12. The molecule has 20 heavy (non-hydrogen) atoms. The summed E-state index contributed by atoms with van der Waals surface area (Å²) in [6.45, 7) is 5.84. The van der Waals surface area contributed by atoms with Gasteiger partial charge in [0.1, 0.15) is 0 Å². The molecular formula is C12H18N6OS. The molecule has 0 saturated heterocycles. The van der Waals surface area contributed by atoms with E-state index in [2.05, 4.69) is 37.1 Å². The summed E-state index contributed by atoms with van der Waals surface area (Å²) in [5.74, 6) is 6.04. The number of aromatic nitrogens is 3. The average molecular weight is 294 g/mol. The van der Waals surface area contributed by atoms with Gasteiger partial charge in [0.2, 0.25) is 11.9 Å².